The molecule has 0 unspecified atom stereocenters. The maximum Gasteiger partial charge on any atom is 0.312 e. The molecule has 3 saturated heterocycles. The summed E-state index contributed by atoms with van der Waals surface area (Å²) in [6, 6.07) is 7.51. The Labute approximate surface area is 113 Å². The second kappa shape index (κ2) is 4.32. The third-order valence-electron chi connectivity index (χ3n) is 3.95. The zero-order valence-corrected chi connectivity index (χ0v) is 11.2. The number of benzene rings is 1. The first-order valence-corrected chi connectivity index (χ1v) is 6.27. The standard InChI is InChI=1S/C15H17NO3/c1-4-12-5-7-13(8-6-12)15-17-9-14(10-18-15,11-19-15)16(2)3/h1,5-8H,9-11H2,2-3H3. The van der Waals surface area contributed by atoms with Crippen LogP contribution in [-0.4, -0.2) is 44.4 Å². The Morgan fingerprint density at radius 3 is 2.00 bits per heavy atom. The second-order valence-electron chi connectivity index (χ2n) is 5.26. The van der Waals surface area contributed by atoms with Gasteiger partial charge in [0.2, 0.25) is 0 Å². The zero-order valence-electron chi connectivity index (χ0n) is 11.2. The van der Waals surface area contributed by atoms with E-state index in [0.29, 0.717) is 19.8 Å². The molecule has 100 valence electrons. The molecule has 0 saturated carbocycles. The fourth-order valence-corrected chi connectivity index (χ4v) is 2.35. The molecule has 3 aliphatic rings. The summed E-state index contributed by atoms with van der Waals surface area (Å²) in [5.74, 6) is 1.52. The topological polar surface area (TPSA) is 30.9 Å². The minimum absolute atomic E-state index is 0.180. The van der Waals surface area contributed by atoms with E-state index in [4.69, 9.17) is 20.6 Å². The van der Waals surface area contributed by atoms with Crippen LogP contribution in [0.4, 0.5) is 0 Å². The number of fused-ring (bicyclic) bond motifs is 3. The maximum atomic E-state index is 5.85. The van der Waals surface area contributed by atoms with Crippen molar-refractivity contribution < 1.29 is 14.2 Å². The van der Waals surface area contributed by atoms with Crippen LogP contribution in [0.25, 0.3) is 0 Å². The number of nitrogens with zero attached hydrogens (tertiary/aromatic N) is 1. The molecule has 1 aromatic carbocycles. The summed E-state index contributed by atoms with van der Waals surface area (Å²) < 4.78 is 17.6. The van der Waals surface area contributed by atoms with E-state index in [1.807, 2.05) is 38.4 Å². The fraction of sp³-hybridized carbons (Fsp3) is 0.467. The van der Waals surface area contributed by atoms with Gasteiger partial charge in [-0.1, -0.05) is 5.92 Å². The molecule has 4 rings (SSSR count). The van der Waals surface area contributed by atoms with E-state index in [9.17, 15) is 0 Å². The van der Waals surface area contributed by atoms with Crippen molar-refractivity contribution in [2.75, 3.05) is 33.9 Å². The minimum Gasteiger partial charge on any atom is -0.321 e. The summed E-state index contributed by atoms with van der Waals surface area (Å²) in [6.45, 7) is 1.78. The van der Waals surface area contributed by atoms with Gasteiger partial charge in [-0.25, -0.2) is 0 Å². The second-order valence-corrected chi connectivity index (χ2v) is 5.26. The molecule has 3 fully saturated rings. The van der Waals surface area contributed by atoms with Crippen molar-refractivity contribution in [3.63, 3.8) is 0 Å². The number of ether oxygens (including phenoxy) is 3. The third-order valence-corrected chi connectivity index (χ3v) is 3.95. The molecule has 0 aliphatic carbocycles. The largest absolute Gasteiger partial charge is 0.321 e. The smallest absolute Gasteiger partial charge is 0.312 e. The Balaban J connectivity index is 1.85. The number of rotatable bonds is 2. The van der Waals surface area contributed by atoms with Gasteiger partial charge in [-0.2, -0.15) is 0 Å². The molecular weight excluding hydrogens is 242 g/mol. The molecule has 0 aromatic heterocycles. The van der Waals surface area contributed by atoms with Crippen molar-refractivity contribution >= 4 is 0 Å². The monoisotopic (exact) mass is 259 g/mol. The van der Waals surface area contributed by atoms with Gasteiger partial charge < -0.3 is 14.2 Å². The van der Waals surface area contributed by atoms with E-state index in [0.717, 1.165) is 11.1 Å². The molecule has 0 spiro atoms. The van der Waals surface area contributed by atoms with Gasteiger partial charge in [-0.15, -0.1) is 6.42 Å². The lowest BCUT2D eigenvalue weighted by molar-refractivity contribution is -0.475. The van der Waals surface area contributed by atoms with Crippen LogP contribution in [0.3, 0.4) is 0 Å². The average Bonchev–Trinajstić information content (AvgIpc) is 2.49. The Bertz CT molecular complexity index is 491. The first-order valence-electron chi connectivity index (χ1n) is 6.27. The van der Waals surface area contributed by atoms with Gasteiger partial charge in [0.25, 0.3) is 0 Å². The number of likely N-dealkylation sites (N-methyl/N-ethyl adjacent to an activating group) is 1. The van der Waals surface area contributed by atoms with Gasteiger partial charge in [0.15, 0.2) is 0 Å². The van der Waals surface area contributed by atoms with Crippen molar-refractivity contribution in [1.82, 2.24) is 4.90 Å². The van der Waals surface area contributed by atoms with E-state index in [1.165, 1.54) is 0 Å². The van der Waals surface area contributed by atoms with E-state index in [2.05, 4.69) is 10.8 Å². The van der Waals surface area contributed by atoms with Crippen molar-refractivity contribution in [3.8, 4) is 12.3 Å². The van der Waals surface area contributed by atoms with Crippen LogP contribution in [0.2, 0.25) is 0 Å². The first-order chi connectivity index (χ1) is 9.10. The molecule has 3 aliphatic heterocycles. The highest BCUT2D eigenvalue weighted by molar-refractivity contribution is 5.35. The van der Waals surface area contributed by atoms with Crippen molar-refractivity contribution in [1.29, 1.82) is 0 Å². The predicted octanol–water partition coefficient (Wildman–Crippen LogP) is 1.16. The average molecular weight is 259 g/mol. The molecule has 1 aromatic rings. The molecule has 3 heterocycles. The molecule has 0 atom stereocenters. The van der Waals surface area contributed by atoms with Gasteiger partial charge in [0.05, 0.1) is 25.4 Å². The molecule has 19 heavy (non-hydrogen) atoms. The van der Waals surface area contributed by atoms with E-state index in [-0.39, 0.29) is 5.54 Å². The molecule has 0 N–H and O–H groups in total. The molecule has 0 amide bonds. The Morgan fingerprint density at radius 2 is 1.58 bits per heavy atom. The molecule has 4 heteroatoms. The SMILES string of the molecule is C#Cc1ccc(C23OCC(N(C)C)(CO2)CO3)cc1. The number of hydrogen-bond acceptors (Lipinski definition) is 4. The summed E-state index contributed by atoms with van der Waals surface area (Å²) in [5.41, 5.74) is 1.49. The Morgan fingerprint density at radius 1 is 1.05 bits per heavy atom. The first kappa shape index (κ1) is 12.6. The highest BCUT2D eigenvalue weighted by atomic mass is 16.9. The van der Waals surface area contributed by atoms with Crippen LogP contribution in [0, 0.1) is 12.3 Å². The van der Waals surface area contributed by atoms with Crippen molar-refractivity contribution in [2.45, 2.75) is 11.5 Å². The molecular formula is C15H17NO3. The summed E-state index contributed by atoms with van der Waals surface area (Å²) in [6.07, 6.45) is 5.35. The normalized spacial score (nSPS) is 33.4. The van der Waals surface area contributed by atoms with Crippen LogP contribution < -0.4 is 0 Å². The highest BCUT2D eigenvalue weighted by Crippen LogP contribution is 2.41. The number of terminal acetylenes is 1. The van der Waals surface area contributed by atoms with Gasteiger partial charge in [-0.3, -0.25) is 4.90 Å². The third kappa shape index (κ3) is 1.87. The maximum absolute atomic E-state index is 5.85. The summed E-state index contributed by atoms with van der Waals surface area (Å²) in [4.78, 5) is 2.09. The molecule has 0 radical (unpaired) electrons. The van der Waals surface area contributed by atoms with Crippen LogP contribution >= 0.6 is 0 Å². The number of hydrogen-bond donors (Lipinski definition) is 0. The minimum atomic E-state index is -1.06. The lowest BCUT2D eigenvalue weighted by Crippen LogP contribution is -2.67. The molecule has 2 bridgehead atoms. The van der Waals surface area contributed by atoms with Gasteiger partial charge >= 0.3 is 5.97 Å². The summed E-state index contributed by atoms with van der Waals surface area (Å²) in [7, 11) is 4.02. The summed E-state index contributed by atoms with van der Waals surface area (Å²) in [5, 5.41) is 0. The lowest BCUT2D eigenvalue weighted by atomic mass is 9.97. The van der Waals surface area contributed by atoms with Crippen LogP contribution in [0.1, 0.15) is 11.1 Å². The summed E-state index contributed by atoms with van der Waals surface area (Å²) >= 11 is 0. The fourth-order valence-electron chi connectivity index (χ4n) is 2.35. The van der Waals surface area contributed by atoms with Crippen LogP contribution in [-0.2, 0) is 20.2 Å². The van der Waals surface area contributed by atoms with Gasteiger partial charge in [-0.05, 0) is 38.4 Å². The Hall–Kier alpha value is -1.38. The highest BCUT2D eigenvalue weighted by Gasteiger charge is 2.54. The van der Waals surface area contributed by atoms with E-state index >= 15 is 0 Å². The van der Waals surface area contributed by atoms with Gasteiger partial charge in [0.1, 0.15) is 0 Å². The Kier molecular flexibility index (Phi) is 2.88. The zero-order chi connectivity index (χ0) is 13.5. The van der Waals surface area contributed by atoms with Gasteiger partial charge in [0, 0.05) is 11.1 Å². The van der Waals surface area contributed by atoms with E-state index < -0.39 is 5.97 Å². The predicted molar refractivity (Wildman–Crippen MR) is 70.3 cm³/mol. The van der Waals surface area contributed by atoms with Crippen LogP contribution in [0.5, 0.6) is 0 Å². The van der Waals surface area contributed by atoms with Crippen LogP contribution in [0.15, 0.2) is 24.3 Å². The van der Waals surface area contributed by atoms with Crippen molar-refractivity contribution in [2.24, 2.45) is 0 Å². The quantitative estimate of drug-likeness (QED) is 0.746. The lowest BCUT2D eigenvalue weighted by Gasteiger charge is -2.54. The van der Waals surface area contributed by atoms with Crippen molar-refractivity contribution in [3.05, 3.63) is 35.4 Å². The van der Waals surface area contributed by atoms with E-state index in [1.54, 1.807) is 0 Å². The molecule has 4 nitrogen and oxygen atoms in total.